The van der Waals surface area contributed by atoms with Crippen molar-refractivity contribution in [3.63, 3.8) is 0 Å². The van der Waals surface area contributed by atoms with Gasteiger partial charge in [-0.05, 0) is 81.3 Å². The minimum Gasteiger partial charge on any atom is -0.481 e. The molecule has 0 saturated heterocycles. The lowest BCUT2D eigenvalue weighted by Gasteiger charge is -2.29. The third kappa shape index (κ3) is 9.78. The number of carboxylic acid groups (broad SMARTS) is 1. The maximum atomic E-state index is 13.8. The molecule has 0 amide bonds. The number of carbonyl (C=O) groups is 1. The molecule has 0 radical (unpaired) electrons. The van der Waals surface area contributed by atoms with Crippen LogP contribution in [-0.4, -0.2) is 60.7 Å². The molecule has 2 rings (SSSR count). The Bertz CT molecular complexity index is 1130. The van der Waals surface area contributed by atoms with Crippen LogP contribution in [0, 0.1) is 5.82 Å². The van der Waals surface area contributed by atoms with Gasteiger partial charge in [-0.15, -0.1) is 0 Å². The average molecular weight is 543 g/mol. The number of benzene rings is 2. The van der Waals surface area contributed by atoms with Gasteiger partial charge < -0.3 is 15.5 Å². The fourth-order valence-corrected chi connectivity index (χ4v) is 5.53. The molecular formula is C26H36ClFN2O5S. The molecule has 0 aliphatic carbocycles. The summed E-state index contributed by atoms with van der Waals surface area (Å²) in [5, 5.41) is 22.8. The van der Waals surface area contributed by atoms with Crippen LogP contribution in [0.5, 0.6) is 0 Å². The second-order valence-electron chi connectivity index (χ2n) is 9.69. The van der Waals surface area contributed by atoms with E-state index in [9.17, 15) is 22.7 Å². The predicted molar refractivity (Wildman–Crippen MR) is 139 cm³/mol. The first-order valence-corrected chi connectivity index (χ1v) is 13.8. The van der Waals surface area contributed by atoms with Crippen LogP contribution < -0.4 is 5.32 Å². The number of aliphatic carboxylic acids is 1. The van der Waals surface area contributed by atoms with E-state index in [1.807, 2.05) is 19.9 Å². The van der Waals surface area contributed by atoms with Gasteiger partial charge in [0, 0.05) is 37.1 Å². The van der Waals surface area contributed by atoms with Gasteiger partial charge in [-0.2, -0.15) is 4.31 Å². The summed E-state index contributed by atoms with van der Waals surface area (Å²) in [5.74, 6) is -1.13. The summed E-state index contributed by atoms with van der Waals surface area (Å²) >= 11 is 6.12. The first-order chi connectivity index (χ1) is 16.8. The molecule has 2 aromatic carbocycles. The molecule has 0 fully saturated rings. The molecule has 0 bridgehead atoms. The molecule has 2 aromatic rings. The van der Waals surface area contributed by atoms with Crippen LogP contribution in [0.15, 0.2) is 47.4 Å². The predicted octanol–water partition coefficient (Wildman–Crippen LogP) is 4.26. The summed E-state index contributed by atoms with van der Waals surface area (Å²) in [7, 11) is -2.52. The Balaban J connectivity index is 1.89. The standard InChI is InChI=1S/C26H36ClFN2O5S/c1-26(2,13-7-10-20-9-4-5-11-24(20)28)29-17-22(31)18-30(3)36(34,35)23-15-19(14-21(27)16-23)8-6-12-25(32)33/h4-5,9,11,14-16,22,29,31H,6-8,10,12-13,17-18H2,1-3H3,(H,32,33). The van der Waals surface area contributed by atoms with Gasteiger partial charge in [0.1, 0.15) is 5.82 Å². The monoisotopic (exact) mass is 542 g/mol. The van der Waals surface area contributed by atoms with E-state index in [1.54, 1.807) is 18.2 Å². The molecule has 0 aliphatic rings. The van der Waals surface area contributed by atoms with Gasteiger partial charge in [0.05, 0.1) is 11.0 Å². The van der Waals surface area contributed by atoms with Crippen molar-refractivity contribution in [3.8, 4) is 0 Å². The quantitative estimate of drug-likeness (QED) is 0.310. The number of sulfonamides is 1. The summed E-state index contributed by atoms with van der Waals surface area (Å²) in [6, 6.07) is 11.1. The minimum absolute atomic E-state index is 0.00328. The largest absolute Gasteiger partial charge is 0.481 e. The lowest BCUT2D eigenvalue weighted by molar-refractivity contribution is -0.137. The Hall–Kier alpha value is -2.04. The SMILES string of the molecule is CN(CC(O)CNC(C)(C)CCCc1ccccc1F)S(=O)(=O)c1cc(Cl)cc(CCCC(=O)O)c1. The van der Waals surface area contributed by atoms with E-state index in [0.717, 1.165) is 17.1 Å². The number of aliphatic hydroxyl groups is 1. The highest BCUT2D eigenvalue weighted by atomic mass is 35.5. The van der Waals surface area contributed by atoms with E-state index in [2.05, 4.69) is 5.32 Å². The van der Waals surface area contributed by atoms with Crippen molar-refractivity contribution in [2.45, 2.75) is 68.9 Å². The average Bonchev–Trinajstić information content (AvgIpc) is 2.78. The highest BCUT2D eigenvalue weighted by molar-refractivity contribution is 7.89. The van der Waals surface area contributed by atoms with Gasteiger partial charge >= 0.3 is 5.97 Å². The maximum Gasteiger partial charge on any atom is 0.303 e. The summed E-state index contributed by atoms with van der Waals surface area (Å²) < 4.78 is 41.0. The zero-order valence-electron chi connectivity index (χ0n) is 21.0. The van der Waals surface area contributed by atoms with Crippen molar-refractivity contribution in [2.75, 3.05) is 20.1 Å². The molecule has 36 heavy (non-hydrogen) atoms. The van der Waals surface area contributed by atoms with Crippen LogP contribution in [0.3, 0.4) is 0 Å². The molecule has 3 N–H and O–H groups in total. The molecule has 0 saturated carbocycles. The first kappa shape index (κ1) is 30.2. The summed E-state index contributed by atoms with van der Waals surface area (Å²) in [5.41, 5.74) is 0.975. The number of likely N-dealkylation sites (N-methyl/N-ethyl adjacent to an activating group) is 1. The zero-order valence-corrected chi connectivity index (χ0v) is 22.6. The number of rotatable bonds is 15. The second kappa shape index (κ2) is 13.5. The Kier molecular flexibility index (Phi) is 11.3. The van der Waals surface area contributed by atoms with Crippen molar-refractivity contribution in [3.05, 3.63) is 64.4 Å². The van der Waals surface area contributed by atoms with E-state index in [-0.39, 0.29) is 40.8 Å². The molecule has 1 unspecified atom stereocenters. The van der Waals surface area contributed by atoms with Crippen LogP contribution in [-0.2, 0) is 27.7 Å². The van der Waals surface area contributed by atoms with Crippen molar-refractivity contribution < 1.29 is 27.8 Å². The Morgan fingerprint density at radius 2 is 1.86 bits per heavy atom. The Labute approximate surface area is 218 Å². The topological polar surface area (TPSA) is 107 Å². The van der Waals surface area contributed by atoms with Crippen LogP contribution >= 0.6 is 11.6 Å². The van der Waals surface area contributed by atoms with Gasteiger partial charge in [0.25, 0.3) is 0 Å². The van der Waals surface area contributed by atoms with E-state index in [0.29, 0.717) is 30.4 Å². The van der Waals surface area contributed by atoms with E-state index >= 15 is 0 Å². The number of β-amino-alcohol motifs (C(OH)–C–C–N with tert-alkyl or cyclic N) is 1. The summed E-state index contributed by atoms with van der Waals surface area (Å²) in [4.78, 5) is 10.7. The van der Waals surface area contributed by atoms with Gasteiger partial charge in [-0.1, -0.05) is 29.8 Å². The zero-order chi connectivity index (χ0) is 26.9. The molecule has 200 valence electrons. The Morgan fingerprint density at radius 1 is 1.17 bits per heavy atom. The number of hydrogen-bond donors (Lipinski definition) is 3. The molecule has 0 aromatic heterocycles. The number of carboxylic acids is 1. The third-order valence-electron chi connectivity index (χ3n) is 5.99. The number of nitrogens with one attached hydrogen (secondary N) is 1. The molecule has 0 aliphatic heterocycles. The van der Waals surface area contributed by atoms with Crippen LogP contribution in [0.2, 0.25) is 5.02 Å². The second-order valence-corrected chi connectivity index (χ2v) is 12.2. The molecular weight excluding hydrogens is 507 g/mol. The first-order valence-electron chi connectivity index (χ1n) is 11.9. The summed E-state index contributed by atoms with van der Waals surface area (Å²) in [6.45, 7) is 4.03. The van der Waals surface area contributed by atoms with E-state index in [4.69, 9.17) is 16.7 Å². The number of halogens is 2. The smallest absolute Gasteiger partial charge is 0.303 e. The fourth-order valence-electron chi connectivity index (χ4n) is 3.90. The lowest BCUT2D eigenvalue weighted by atomic mass is 9.95. The van der Waals surface area contributed by atoms with Crippen molar-refractivity contribution in [1.82, 2.24) is 9.62 Å². The molecule has 7 nitrogen and oxygen atoms in total. The van der Waals surface area contributed by atoms with Gasteiger partial charge in [0.2, 0.25) is 10.0 Å². The van der Waals surface area contributed by atoms with Crippen LogP contribution in [0.1, 0.15) is 50.7 Å². The van der Waals surface area contributed by atoms with Gasteiger partial charge in [0.15, 0.2) is 0 Å². The minimum atomic E-state index is -3.91. The number of nitrogens with zero attached hydrogens (tertiary/aromatic N) is 1. The van der Waals surface area contributed by atoms with Crippen molar-refractivity contribution in [2.24, 2.45) is 0 Å². The van der Waals surface area contributed by atoms with Crippen molar-refractivity contribution in [1.29, 1.82) is 0 Å². The number of aliphatic hydroxyl groups excluding tert-OH is 1. The van der Waals surface area contributed by atoms with Crippen molar-refractivity contribution >= 4 is 27.6 Å². The van der Waals surface area contributed by atoms with Gasteiger partial charge in [-0.25, -0.2) is 12.8 Å². The normalized spacial score (nSPS) is 13.2. The highest BCUT2D eigenvalue weighted by Crippen LogP contribution is 2.23. The Morgan fingerprint density at radius 3 is 2.53 bits per heavy atom. The number of hydrogen-bond acceptors (Lipinski definition) is 5. The number of aryl methyl sites for hydroxylation is 2. The van der Waals surface area contributed by atoms with E-state index < -0.39 is 22.1 Å². The summed E-state index contributed by atoms with van der Waals surface area (Å²) in [6.07, 6.45) is 1.89. The fraction of sp³-hybridized carbons (Fsp3) is 0.500. The van der Waals surface area contributed by atoms with Crippen LogP contribution in [0.4, 0.5) is 4.39 Å². The molecule has 10 heteroatoms. The maximum absolute atomic E-state index is 13.8. The highest BCUT2D eigenvalue weighted by Gasteiger charge is 2.25. The van der Waals surface area contributed by atoms with E-state index in [1.165, 1.54) is 25.2 Å². The molecule has 1 atom stereocenters. The lowest BCUT2D eigenvalue weighted by Crippen LogP contribution is -2.46. The van der Waals surface area contributed by atoms with Gasteiger partial charge in [-0.3, -0.25) is 4.79 Å². The molecule has 0 heterocycles. The van der Waals surface area contributed by atoms with Crippen LogP contribution in [0.25, 0.3) is 0 Å². The third-order valence-corrected chi connectivity index (χ3v) is 8.00. The molecule has 0 spiro atoms.